The van der Waals surface area contributed by atoms with Crippen molar-refractivity contribution in [2.75, 3.05) is 5.73 Å². The number of aromatic nitrogens is 4. The third-order valence-electron chi connectivity index (χ3n) is 2.66. The lowest BCUT2D eigenvalue weighted by Gasteiger charge is -2.01. The summed E-state index contributed by atoms with van der Waals surface area (Å²) >= 11 is 3.44. The molecule has 0 atom stereocenters. The van der Waals surface area contributed by atoms with Gasteiger partial charge in [0.25, 0.3) is 0 Å². The number of hydrogen-bond acceptors (Lipinski definition) is 4. The third kappa shape index (κ3) is 2.34. The molecular formula is C13H10BrN5. The summed E-state index contributed by atoms with van der Waals surface area (Å²) in [6.07, 6.45) is 5.11. The molecule has 2 N–H and O–H groups in total. The molecule has 19 heavy (non-hydrogen) atoms. The molecule has 0 aliphatic rings. The Balaban J connectivity index is 2.00. The first-order valence-electron chi connectivity index (χ1n) is 5.61. The van der Waals surface area contributed by atoms with Gasteiger partial charge >= 0.3 is 0 Å². The molecule has 0 saturated heterocycles. The molecule has 0 fully saturated rings. The zero-order valence-electron chi connectivity index (χ0n) is 9.86. The van der Waals surface area contributed by atoms with Gasteiger partial charge in [0.05, 0.1) is 10.2 Å². The molecule has 0 radical (unpaired) electrons. The van der Waals surface area contributed by atoms with Crippen LogP contribution in [0.15, 0.2) is 53.5 Å². The molecule has 0 saturated carbocycles. The second-order valence-corrected chi connectivity index (χ2v) is 4.82. The molecule has 0 spiro atoms. The summed E-state index contributed by atoms with van der Waals surface area (Å²) in [4.78, 5) is 8.33. The molecule has 0 aliphatic heterocycles. The van der Waals surface area contributed by atoms with Crippen LogP contribution in [0.2, 0.25) is 0 Å². The van der Waals surface area contributed by atoms with Crippen LogP contribution in [-0.4, -0.2) is 19.7 Å². The van der Waals surface area contributed by atoms with E-state index < -0.39 is 0 Å². The van der Waals surface area contributed by atoms with Gasteiger partial charge in [-0.3, -0.25) is 4.98 Å². The zero-order valence-corrected chi connectivity index (χ0v) is 11.4. The Morgan fingerprint density at radius 2 is 1.89 bits per heavy atom. The van der Waals surface area contributed by atoms with Crippen molar-refractivity contribution in [1.29, 1.82) is 0 Å². The first-order valence-corrected chi connectivity index (χ1v) is 6.41. The van der Waals surface area contributed by atoms with Crippen LogP contribution in [-0.2, 0) is 0 Å². The van der Waals surface area contributed by atoms with Gasteiger partial charge in [0.1, 0.15) is 6.33 Å². The second-order valence-electron chi connectivity index (χ2n) is 3.96. The van der Waals surface area contributed by atoms with E-state index in [2.05, 4.69) is 31.0 Å². The number of halogens is 1. The molecule has 0 bridgehead atoms. The quantitative estimate of drug-likeness (QED) is 0.738. The number of rotatable bonds is 2. The average Bonchev–Trinajstić information content (AvgIpc) is 2.89. The minimum Gasteiger partial charge on any atom is -0.399 e. The highest BCUT2D eigenvalue weighted by atomic mass is 79.9. The Hall–Kier alpha value is -2.21. The number of pyridine rings is 1. The maximum Gasteiger partial charge on any atom is 0.181 e. The highest BCUT2D eigenvalue weighted by Crippen LogP contribution is 2.21. The lowest BCUT2D eigenvalue weighted by Crippen LogP contribution is -1.96. The largest absolute Gasteiger partial charge is 0.399 e. The van der Waals surface area contributed by atoms with Gasteiger partial charge in [-0.15, -0.1) is 5.10 Å². The molecular weight excluding hydrogens is 306 g/mol. The Bertz CT molecular complexity index is 705. The molecule has 94 valence electrons. The van der Waals surface area contributed by atoms with Crippen LogP contribution < -0.4 is 5.73 Å². The van der Waals surface area contributed by atoms with Crippen molar-refractivity contribution in [3.05, 3.63) is 53.5 Å². The van der Waals surface area contributed by atoms with Crippen LogP contribution in [0.4, 0.5) is 5.69 Å². The maximum atomic E-state index is 5.66. The molecule has 5 nitrogen and oxygen atoms in total. The normalized spacial score (nSPS) is 10.6. The van der Waals surface area contributed by atoms with E-state index in [0.29, 0.717) is 5.82 Å². The Kier molecular flexibility index (Phi) is 3.00. The Morgan fingerprint density at radius 1 is 1.11 bits per heavy atom. The number of anilines is 1. The van der Waals surface area contributed by atoms with Crippen molar-refractivity contribution in [2.24, 2.45) is 0 Å². The van der Waals surface area contributed by atoms with Gasteiger partial charge in [-0.1, -0.05) is 0 Å². The van der Waals surface area contributed by atoms with Crippen molar-refractivity contribution in [3.63, 3.8) is 0 Å². The predicted molar refractivity (Wildman–Crippen MR) is 76.7 cm³/mol. The van der Waals surface area contributed by atoms with E-state index in [1.807, 2.05) is 30.3 Å². The summed E-state index contributed by atoms with van der Waals surface area (Å²) in [7, 11) is 0. The molecule has 2 aromatic heterocycles. The van der Waals surface area contributed by atoms with Gasteiger partial charge in [0, 0.05) is 23.6 Å². The van der Waals surface area contributed by atoms with E-state index in [1.165, 1.54) is 0 Å². The fraction of sp³-hybridized carbons (Fsp3) is 0. The smallest absolute Gasteiger partial charge is 0.181 e. The summed E-state index contributed by atoms with van der Waals surface area (Å²) < 4.78 is 2.57. The van der Waals surface area contributed by atoms with Crippen LogP contribution in [0.5, 0.6) is 0 Å². The molecule has 3 aromatic rings. The Labute approximate surface area is 118 Å². The highest BCUT2D eigenvalue weighted by molar-refractivity contribution is 9.10. The zero-order chi connectivity index (χ0) is 13.2. The van der Waals surface area contributed by atoms with Crippen LogP contribution in [0, 0.1) is 0 Å². The minimum absolute atomic E-state index is 0.656. The van der Waals surface area contributed by atoms with Gasteiger partial charge < -0.3 is 5.73 Å². The number of nitrogens with zero attached hydrogens (tertiary/aromatic N) is 4. The molecule has 3 rings (SSSR count). The lowest BCUT2D eigenvalue weighted by atomic mass is 10.2. The average molecular weight is 316 g/mol. The van der Waals surface area contributed by atoms with Gasteiger partial charge in [0.2, 0.25) is 0 Å². The molecule has 0 aliphatic carbocycles. The fourth-order valence-corrected chi connectivity index (χ4v) is 2.13. The fourth-order valence-electron chi connectivity index (χ4n) is 1.70. The van der Waals surface area contributed by atoms with Crippen molar-refractivity contribution < 1.29 is 0 Å². The summed E-state index contributed by atoms with van der Waals surface area (Å²) in [5.74, 6) is 0.656. The SMILES string of the molecule is Nc1ccc(-c2ncn(-c3ccncc3Br)n2)cc1. The number of nitrogen functional groups attached to an aromatic ring is 1. The molecule has 6 heteroatoms. The maximum absolute atomic E-state index is 5.66. The standard InChI is InChI=1S/C13H10BrN5/c14-11-7-16-6-5-12(11)19-8-17-13(18-19)9-1-3-10(15)4-2-9/h1-8H,15H2. The summed E-state index contributed by atoms with van der Waals surface area (Å²) in [5.41, 5.74) is 8.21. The van der Waals surface area contributed by atoms with Crippen molar-refractivity contribution in [2.45, 2.75) is 0 Å². The molecule has 2 heterocycles. The number of hydrogen-bond donors (Lipinski definition) is 1. The number of benzene rings is 1. The van der Waals surface area contributed by atoms with Crippen LogP contribution >= 0.6 is 15.9 Å². The van der Waals surface area contributed by atoms with Gasteiger partial charge in [0.15, 0.2) is 5.82 Å². The second kappa shape index (κ2) is 4.81. The van der Waals surface area contributed by atoms with Gasteiger partial charge in [-0.05, 0) is 46.3 Å². The predicted octanol–water partition coefficient (Wildman–Crippen LogP) is 2.67. The summed E-state index contributed by atoms with van der Waals surface area (Å²) in [5, 5.41) is 4.45. The van der Waals surface area contributed by atoms with Gasteiger partial charge in [-0.2, -0.15) is 0 Å². The monoisotopic (exact) mass is 315 g/mol. The van der Waals surface area contributed by atoms with Crippen LogP contribution in [0.3, 0.4) is 0 Å². The third-order valence-corrected chi connectivity index (χ3v) is 3.27. The van der Waals surface area contributed by atoms with Crippen LogP contribution in [0.25, 0.3) is 17.1 Å². The van der Waals surface area contributed by atoms with Crippen molar-refractivity contribution >= 4 is 21.6 Å². The first-order chi connectivity index (χ1) is 9.24. The van der Waals surface area contributed by atoms with E-state index in [4.69, 9.17) is 5.73 Å². The molecule has 0 amide bonds. The van der Waals surface area contributed by atoms with Crippen molar-refractivity contribution in [1.82, 2.24) is 19.7 Å². The van der Waals surface area contributed by atoms with E-state index in [9.17, 15) is 0 Å². The highest BCUT2D eigenvalue weighted by Gasteiger charge is 2.07. The topological polar surface area (TPSA) is 69.6 Å². The summed E-state index contributed by atoms with van der Waals surface area (Å²) in [6, 6.07) is 9.33. The van der Waals surface area contributed by atoms with Crippen molar-refractivity contribution in [3.8, 4) is 17.1 Å². The lowest BCUT2D eigenvalue weighted by molar-refractivity contribution is 0.874. The minimum atomic E-state index is 0.656. The summed E-state index contributed by atoms with van der Waals surface area (Å²) in [6.45, 7) is 0. The molecule has 1 aromatic carbocycles. The molecule has 0 unspecified atom stereocenters. The number of nitrogens with two attached hydrogens (primary N) is 1. The van der Waals surface area contributed by atoms with Gasteiger partial charge in [-0.25, -0.2) is 9.67 Å². The first kappa shape index (κ1) is 11.9. The van der Waals surface area contributed by atoms with Crippen LogP contribution in [0.1, 0.15) is 0 Å². The van der Waals surface area contributed by atoms with E-state index >= 15 is 0 Å². The van der Waals surface area contributed by atoms with E-state index in [-0.39, 0.29) is 0 Å². The van der Waals surface area contributed by atoms with E-state index in [0.717, 1.165) is 21.4 Å². The Morgan fingerprint density at radius 3 is 2.63 bits per heavy atom. The van der Waals surface area contributed by atoms with E-state index in [1.54, 1.807) is 23.4 Å².